The molecule has 1 aromatic rings. The summed E-state index contributed by atoms with van der Waals surface area (Å²) in [6.45, 7) is 3.95. The zero-order chi connectivity index (χ0) is 17.7. The number of nitrogens with zero attached hydrogens (tertiary/aromatic N) is 2. The smallest absolute Gasteiger partial charge is 0.243 e. The Hall–Kier alpha value is -1.64. The number of nitrogens with one attached hydrogen (secondary N) is 1. The van der Waals surface area contributed by atoms with Crippen LogP contribution in [0.1, 0.15) is 6.92 Å². The molecule has 8 heteroatoms. The molecule has 1 saturated heterocycles. The molecule has 1 fully saturated rings. The minimum atomic E-state index is -3.54. The minimum Gasteiger partial charge on any atom is -0.497 e. The van der Waals surface area contributed by atoms with Gasteiger partial charge in [-0.1, -0.05) is 6.92 Å². The Bertz CT molecular complexity index is 652. The molecule has 1 aliphatic rings. The number of hydrogen-bond donors (Lipinski definition) is 1. The van der Waals surface area contributed by atoms with Crippen molar-refractivity contribution in [3.05, 3.63) is 24.3 Å². The van der Waals surface area contributed by atoms with E-state index in [-0.39, 0.29) is 16.7 Å². The Morgan fingerprint density at radius 2 is 1.79 bits per heavy atom. The van der Waals surface area contributed by atoms with Gasteiger partial charge in [-0.3, -0.25) is 4.79 Å². The van der Waals surface area contributed by atoms with Gasteiger partial charge in [-0.2, -0.15) is 4.31 Å². The van der Waals surface area contributed by atoms with Crippen LogP contribution in [0.15, 0.2) is 29.2 Å². The fourth-order valence-corrected chi connectivity index (χ4v) is 4.17. The molecule has 0 radical (unpaired) electrons. The fourth-order valence-electron chi connectivity index (χ4n) is 2.75. The predicted octanol–water partition coefficient (Wildman–Crippen LogP) is 0.384. The Morgan fingerprint density at radius 1 is 1.21 bits per heavy atom. The van der Waals surface area contributed by atoms with E-state index in [1.54, 1.807) is 29.2 Å². The van der Waals surface area contributed by atoms with Crippen molar-refractivity contribution < 1.29 is 17.9 Å². The van der Waals surface area contributed by atoms with E-state index >= 15 is 0 Å². The molecule has 1 atom stereocenters. The number of sulfonamides is 1. The molecule has 0 spiro atoms. The van der Waals surface area contributed by atoms with Gasteiger partial charge in [0, 0.05) is 38.6 Å². The van der Waals surface area contributed by atoms with Gasteiger partial charge in [0.15, 0.2) is 0 Å². The van der Waals surface area contributed by atoms with E-state index in [2.05, 4.69) is 5.32 Å². The molecule has 1 N–H and O–H groups in total. The average Bonchev–Trinajstić information content (AvgIpc) is 2.61. The van der Waals surface area contributed by atoms with Crippen molar-refractivity contribution in [1.82, 2.24) is 14.5 Å². The number of amides is 1. The van der Waals surface area contributed by atoms with Gasteiger partial charge in [0.05, 0.1) is 12.0 Å². The van der Waals surface area contributed by atoms with Crippen LogP contribution in [0.5, 0.6) is 5.75 Å². The summed E-state index contributed by atoms with van der Waals surface area (Å²) < 4.78 is 31.8. The monoisotopic (exact) mass is 355 g/mol. The molecule has 1 unspecified atom stereocenters. The molecule has 0 aliphatic carbocycles. The summed E-state index contributed by atoms with van der Waals surface area (Å²) in [7, 11) is -0.194. The number of hydrogen-bond acceptors (Lipinski definition) is 5. The first-order valence-corrected chi connectivity index (χ1v) is 9.41. The summed E-state index contributed by atoms with van der Waals surface area (Å²) in [6, 6.07) is 6.35. The summed E-state index contributed by atoms with van der Waals surface area (Å²) in [4.78, 5) is 14.3. The lowest BCUT2D eigenvalue weighted by Gasteiger charge is -2.35. The van der Waals surface area contributed by atoms with Crippen LogP contribution in [0.2, 0.25) is 0 Å². The molecule has 1 heterocycles. The zero-order valence-electron chi connectivity index (χ0n) is 14.4. The molecule has 1 aliphatic heterocycles. The Balaban J connectivity index is 2.01. The Labute approximate surface area is 143 Å². The lowest BCUT2D eigenvalue weighted by atomic mass is 10.1. The van der Waals surface area contributed by atoms with Crippen LogP contribution in [-0.4, -0.2) is 70.4 Å². The third-order valence-corrected chi connectivity index (χ3v) is 6.09. The summed E-state index contributed by atoms with van der Waals surface area (Å²) >= 11 is 0. The summed E-state index contributed by atoms with van der Waals surface area (Å²) in [5, 5.41) is 2.99. The molecule has 24 heavy (non-hydrogen) atoms. The molecule has 0 aromatic heterocycles. The second kappa shape index (κ2) is 7.96. The molecule has 7 nitrogen and oxygen atoms in total. The van der Waals surface area contributed by atoms with E-state index < -0.39 is 10.0 Å². The fraction of sp³-hybridized carbons (Fsp3) is 0.562. The number of methoxy groups -OCH3 is 1. The van der Waals surface area contributed by atoms with Gasteiger partial charge < -0.3 is 15.0 Å². The second-order valence-electron chi connectivity index (χ2n) is 5.86. The lowest BCUT2D eigenvalue weighted by molar-refractivity contribution is -0.136. The average molecular weight is 355 g/mol. The maximum atomic E-state index is 12.7. The normalized spacial score (nSPS) is 17.5. The van der Waals surface area contributed by atoms with E-state index in [9.17, 15) is 13.2 Å². The van der Waals surface area contributed by atoms with E-state index in [0.29, 0.717) is 38.5 Å². The van der Waals surface area contributed by atoms with Gasteiger partial charge in [0.25, 0.3) is 0 Å². The van der Waals surface area contributed by atoms with Crippen LogP contribution in [0.4, 0.5) is 0 Å². The van der Waals surface area contributed by atoms with Gasteiger partial charge >= 0.3 is 0 Å². The van der Waals surface area contributed by atoms with Gasteiger partial charge in [0.2, 0.25) is 15.9 Å². The van der Waals surface area contributed by atoms with Crippen molar-refractivity contribution in [1.29, 1.82) is 0 Å². The van der Waals surface area contributed by atoms with Crippen molar-refractivity contribution in [2.75, 3.05) is 46.9 Å². The van der Waals surface area contributed by atoms with Crippen molar-refractivity contribution >= 4 is 15.9 Å². The number of ether oxygens (including phenoxy) is 1. The number of piperazine rings is 1. The highest BCUT2D eigenvalue weighted by Gasteiger charge is 2.31. The lowest BCUT2D eigenvalue weighted by Crippen LogP contribution is -2.52. The van der Waals surface area contributed by atoms with E-state index in [4.69, 9.17) is 4.74 Å². The predicted molar refractivity (Wildman–Crippen MR) is 91.4 cm³/mol. The molecule has 1 aromatic carbocycles. The maximum absolute atomic E-state index is 12.7. The first-order valence-electron chi connectivity index (χ1n) is 7.97. The largest absolute Gasteiger partial charge is 0.497 e. The van der Waals surface area contributed by atoms with Crippen LogP contribution >= 0.6 is 0 Å². The van der Waals surface area contributed by atoms with Gasteiger partial charge in [-0.05, 0) is 31.3 Å². The minimum absolute atomic E-state index is 0.0610. The molecular weight excluding hydrogens is 330 g/mol. The van der Waals surface area contributed by atoms with Crippen molar-refractivity contribution in [3.8, 4) is 5.75 Å². The Morgan fingerprint density at radius 3 is 2.29 bits per heavy atom. The van der Waals surface area contributed by atoms with E-state index in [1.165, 1.54) is 11.4 Å². The molecule has 134 valence electrons. The summed E-state index contributed by atoms with van der Waals surface area (Å²) in [5.74, 6) is 0.563. The van der Waals surface area contributed by atoms with E-state index in [0.717, 1.165) is 0 Å². The van der Waals surface area contributed by atoms with E-state index in [1.807, 2.05) is 14.0 Å². The highest BCUT2D eigenvalue weighted by molar-refractivity contribution is 7.89. The van der Waals surface area contributed by atoms with Gasteiger partial charge in [-0.25, -0.2) is 8.42 Å². The highest BCUT2D eigenvalue weighted by atomic mass is 32.2. The standard InChI is InChI=1S/C16H25N3O4S/c1-13(12-17-2)16(20)18-8-10-19(11-9-18)24(21,22)15-6-4-14(23-3)5-7-15/h4-7,13,17H,8-12H2,1-3H3. The number of carbonyl (C=O) groups excluding carboxylic acids is 1. The second-order valence-corrected chi connectivity index (χ2v) is 7.80. The SMILES string of the molecule is CNCC(C)C(=O)N1CCN(S(=O)(=O)c2ccc(OC)cc2)CC1. The molecule has 0 saturated carbocycles. The summed E-state index contributed by atoms with van der Waals surface area (Å²) in [6.07, 6.45) is 0. The number of benzene rings is 1. The van der Waals surface area contributed by atoms with Crippen LogP contribution in [-0.2, 0) is 14.8 Å². The zero-order valence-corrected chi connectivity index (χ0v) is 15.2. The van der Waals surface area contributed by atoms with Gasteiger partial charge in [0.1, 0.15) is 5.75 Å². The van der Waals surface area contributed by atoms with Crippen LogP contribution in [0.25, 0.3) is 0 Å². The third kappa shape index (κ3) is 4.06. The van der Waals surface area contributed by atoms with Crippen molar-refractivity contribution in [2.24, 2.45) is 5.92 Å². The van der Waals surface area contributed by atoms with Crippen molar-refractivity contribution in [3.63, 3.8) is 0 Å². The number of carbonyl (C=O) groups is 1. The van der Waals surface area contributed by atoms with Gasteiger partial charge in [-0.15, -0.1) is 0 Å². The molecule has 2 rings (SSSR count). The quantitative estimate of drug-likeness (QED) is 0.798. The van der Waals surface area contributed by atoms with Crippen LogP contribution in [0.3, 0.4) is 0 Å². The van der Waals surface area contributed by atoms with Crippen molar-refractivity contribution in [2.45, 2.75) is 11.8 Å². The molecular formula is C16H25N3O4S. The Kier molecular flexibility index (Phi) is 6.20. The van der Waals surface area contributed by atoms with Crippen LogP contribution < -0.4 is 10.1 Å². The third-order valence-electron chi connectivity index (χ3n) is 4.18. The molecule has 1 amide bonds. The number of rotatable bonds is 6. The first-order chi connectivity index (χ1) is 11.4. The topological polar surface area (TPSA) is 79.0 Å². The summed E-state index contributed by atoms with van der Waals surface area (Å²) in [5.41, 5.74) is 0. The maximum Gasteiger partial charge on any atom is 0.243 e. The highest BCUT2D eigenvalue weighted by Crippen LogP contribution is 2.21. The molecule has 0 bridgehead atoms. The van der Waals surface area contributed by atoms with Crippen LogP contribution in [0, 0.1) is 5.92 Å². The first kappa shape index (κ1) is 18.7.